The van der Waals surface area contributed by atoms with E-state index in [1.807, 2.05) is 0 Å². The fourth-order valence-electron chi connectivity index (χ4n) is 5.76. The Labute approximate surface area is 159 Å². The summed E-state index contributed by atoms with van der Waals surface area (Å²) in [5, 5.41) is 16.8. The zero-order chi connectivity index (χ0) is 18.6. The number of aliphatic imine (C=N–C) groups is 1. The molecule has 3 aliphatic rings. The van der Waals surface area contributed by atoms with Gasteiger partial charge in [-0.15, -0.1) is 0 Å². The number of aliphatic hydroxyl groups excluding tert-OH is 1. The Balaban J connectivity index is 1.71. The average Bonchev–Trinajstić information content (AvgIpc) is 3.31. The van der Waals surface area contributed by atoms with Crippen LogP contribution in [0.2, 0.25) is 0 Å². The summed E-state index contributed by atoms with van der Waals surface area (Å²) in [5.74, 6) is 1.61. The van der Waals surface area contributed by atoms with Crippen molar-refractivity contribution in [2.24, 2.45) is 21.7 Å². The highest BCUT2D eigenvalue weighted by atomic mass is 16.5. The molecular weight excluding hydrogens is 326 g/mol. The lowest BCUT2D eigenvalue weighted by atomic mass is 9.54. The zero-order valence-electron chi connectivity index (χ0n) is 17.0. The fraction of sp³-hybridized carbons (Fsp3) is 0.952. The molecule has 3 atom stereocenters. The molecule has 26 heavy (non-hydrogen) atoms. The SMILES string of the molecule is CCNC(=NCC(CC)(CC)CCO)NC1C2CCOC2C12CCCC2. The van der Waals surface area contributed by atoms with Gasteiger partial charge in [0.15, 0.2) is 5.96 Å². The van der Waals surface area contributed by atoms with Crippen LogP contribution in [0.4, 0.5) is 0 Å². The van der Waals surface area contributed by atoms with Crippen LogP contribution in [0.1, 0.15) is 72.1 Å². The van der Waals surface area contributed by atoms with Crippen molar-refractivity contribution in [2.45, 2.75) is 84.3 Å². The maximum atomic E-state index is 9.47. The molecule has 0 aromatic heterocycles. The number of fused-ring (bicyclic) bond motifs is 2. The predicted molar refractivity (Wildman–Crippen MR) is 106 cm³/mol. The van der Waals surface area contributed by atoms with E-state index in [0.29, 0.717) is 23.5 Å². The topological polar surface area (TPSA) is 65.9 Å². The number of hydrogen-bond donors (Lipinski definition) is 3. The number of guanidine groups is 1. The smallest absolute Gasteiger partial charge is 0.191 e. The highest BCUT2D eigenvalue weighted by Gasteiger charge is 2.65. The first-order valence-corrected chi connectivity index (χ1v) is 10.9. The maximum Gasteiger partial charge on any atom is 0.191 e. The van der Waals surface area contributed by atoms with Crippen molar-refractivity contribution in [2.75, 3.05) is 26.3 Å². The molecule has 2 saturated carbocycles. The van der Waals surface area contributed by atoms with E-state index in [9.17, 15) is 5.11 Å². The number of aliphatic hydroxyl groups is 1. The number of ether oxygens (including phenoxy) is 1. The quantitative estimate of drug-likeness (QED) is 0.457. The summed E-state index contributed by atoms with van der Waals surface area (Å²) >= 11 is 0. The molecule has 3 unspecified atom stereocenters. The summed E-state index contributed by atoms with van der Waals surface area (Å²) in [6.45, 7) is 9.39. The standard InChI is InChI=1S/C21H39N3O2/c1-4-20(5-2,12-13-25)15-23-19(22-6-3)24-17-16-9-14-26-18(16)21(17)10-7-8-11-21/h16-18,25H,4-15H2,1-3H3,(H2,22,23,24). The molecule has 2 aliphatic carbocycles. The molecule has 0 amide bonds. The van der Waals surface area contributed by atoms with E-state index in [2.05, 4.69) is 31.4 Å². The largest absolute Gasteiger partial charge is 0.396 e. The van der Waals surface area contributed by atoms with Crippen LogP contribution in [0.5, 0.6) is 0 Å². The lowest BCUT2D eigenvalue weighted by Gasteiger charge is -2.57. The lowest BCUT2D eigenvalue weighted by Crippen LogP contribution is -2.69. The van der Waals surface area contributed by atoms with Gasteiger partial charge in [0, 0.05) is 43.7 Å². The van der Waals surface area contributed by atoms with Crippen molar-refractivity contribution in [3.63, 3.8) is 0 Å². The predicted octanol–water partition coefficient (Wildman–Crippen LogP) is 3.08. The van der Waals surface area contributed by atoms with Crippen molar-refractivity contribution in [1.29, 1.82) is 0 Å². The molecule has 5 nitrogen and oxygen atoms in total. The van der Waals surface area contributed by atoms with Gasteiger partial charge < -0.3 is 20.5 Å². The summed E-state index contributed by atoms with van der Waals surface area (Å²) in [7, 11) is 0. The zero-order valence-corrected chi connectivity index (χ0v) is 17.0. The van der Waals surface area contributed by atoms with Crippen molar-refractivity contribution < 1.29 is 9.84 Å². The van der Waals surface area contributed by atoms with Gasteiger partial charge in [-0.1, -0.05) is 26.7 Å². The van der Waals surface area contributed by atoms with E-state index in [0.717, 1.165) is 44.9 Å². The van der Waals surface area contributed by atoms with Crippen LogP contribution in [0.25, 0.3) is 0 Å². The Kier molecular flexibility index (Phi) is 6.50. The van der Waals surface area contributed by atoms with E-state index in [-0.39, 0.29) is 12.0 Å². The second-order valence-corrected chi connectivity index (χ2v) is 8.68. The second-order valence-electron chi connectivity index (χ2n) is 8.68. The molecule has 0 radical (unpaired) electrons. The summed E-state index contributed by atoms with van der Waals surface area (Å²) in [6, 6.07) is 0.505. The molecule has 3 rings (SSSR count). The normalized spacial score (nSPS) is 30.3. The van der Waals surface area contributed by atoms with Crippen LogP contribution in [0.3, 0.4) is 0 Å². The van der Waals surface area contributed by atoms with Gasteiger partial charge in [-0.25, -0.2) is 0 Å². The molecule has 3 fully saturated rings. The van der Waals surface area contributed by atoms with Gasteiger partial charge in [0.2, 0.25) is 0 Å². The van der Waals surface area contributed by atoms with E-state index in [4.69, 9.17) is 9.73 Å². The van der Waals surface area contributed by atoms with Crippen molar-refractivity contribution in [3.05, 3.63) is 0 Å². The van der Waals surface area contributed by atoms with E-state index in [1.165, 1.54) is 32.1 Å². The minimum Gasteiger partial charge on any atom is -0.396 e. The molecular formula is C21H39N3O2. The first kappa shape index (κ1) is 19.9. The van der Waals surface area contributed by atoms with E-state index in [1.54, 1.807) is 0 Å². The molecule has 1 aliphatic heterocycles. The number of hydrogen-bond acceptors (Lipinski definition) is 3. The second kappa shape index (κ2) is 8.47. The average molecular weight is 366 g/mol. The van der Waals surface area contributed by atoms with Crippen LogP contribution >= 0.6 is 0 Å². The van der Waals surface area contributed by atoms with Gasteiger partial charge in [0.25, 0.3) is 0 Å². The van der Waals surface area contributed by atoms with Gasteiger partial charge in [-0.05, 0) is 50.9 Å². The minimum absolute atomic E-state index is 0.112. The van der Waals surface area contributed by atoms with Crippen LogP contribution in [-0.4, -0.2) is 49.5 Å². The first-order valence-electron chi connectivity index (χ1n) is 10.9. The van der Waals surface area contributed by atoms with Crippen LogP contribution < -0.4 is 10.6 Å². The third-order valence-electron chi connectivity index (χ3n) is 7.64. The molecule has 5 heteroatoms. The third-order valence-corrected chi connectivity index (χ3v) is 7.64. The van der Waals surface area contributed by atoms with Gasteiger partial charge in [0.1, 0.15) is 0 Å². The molecule has 150 valence electrons. The molecule has 1 spiro atoms. The Hall–Kier alpha value is -0.810. The number of nitrogens with one attached hydrogen (secondary N) is 2. The molecule has 1 saturated heterocycles. The molecule has 0 aromatic rings. The Morgan fingerprint density at radius 1 is 1.23 bits per heavy atom. The number of nitrogens with zero attached hydrogens (tertiary/aromatic N) is 1. The van der Waals surface area contributed by atoms with Crippen molar-refractivity contribution >= 4 is 5.96 Å². The summed E-state index contributed by atoms with van der Waals surface area (Å²) < 4.78 is 6.11. The summed E-state index contributed by atoms with van der Waals surface area (Å²) in [6.07, 6.45) is 9.86. The Morgan fingerprint density at radius 2 is 1.96 bits per heavy atom. The van der Waals surface area contributed by atoms with Gasteiger partial charge in [-0.3, -0.25) is 4.99 Å². The minimum atomic E-state index is 0.112. The third kappa shape index (κ3) is 3.49. The highest BCUT2D eigenvalue weighted by molar-refractivity contribution is 5.80. The first-order chi connectivity index (χ1) is 12.6. The summed E-state index contributed by atoms with van der Waals surface area (Å²) in [5.41, 5.74) is 0.454. The van der Waals surface area contributed by atoms with Crippen molar-refractivity contribution in [3.8, 4) is 0 Å². The highest BCUT2D eigenvalue weighted by Crippen LogP contribution is 2.60. The monoisotopic (exact) mass is 365 g/mol. The molecule has 0 bridgehead atoms. The Morgan fingerprint density at radius 3 is 2.58 bits per heavy atom. The maximum absolute atomic E-state index is 9.47. The number of rotatable bonds is 8. The van der Waals surface area contributed by atoms with Crippen molar-refractivity contribution in [1.82, 2.24) is 10.6 Å². The fourth-order valence-corrected chi connectivity index (χ4v) is 5.76. The molecule has 3 N–H and O–H groups in total. The van der Waals surface area contributed by atoms with Crippen LogP contribution in [-0.2, 0) is 4.74 Å². The van der Waals surface area contributed by atoms with Gasteiger partial charge in [0.05, 0.1) is 6.10 Å². The van der Waals surface area contributed by atoms with Gasteiger partial charge in [-0.2, -0.15) is 0 Å². The van der Waals surface area contributed by atoms with E-state index < -0.39 is 0 Å². The van der Waals surface area contributed by atoms with Crippen LogP contribution in [0.15, 0.2) is 4.99 Å². The van der Waals surface area contributed by atoms with E-state index >= 15 is 0 Å². The molecule has 1 heterocycles. The van der Waals surface area contributed by atoms with Gasteiger partial charge >= 0.3 is 0 Å². The molecule has 0 aromatic carbocycles. The summed E-state index contributed by atoms with van der Waals surface area (Å²) in [4.78, 5) is 4.98. The lowest BCUT2D eigenvalue weighted by molar-refractivity contribution is -0.125. The van der Waals surface area contributed by atoms with Crippen LogP contribution in [0, 0.1) is 16.7 Å². The Bertz CT molecular complexity index is 484.